The first-order valence-electron chi connectivity index (χ1n) is 6.24. The van der Waals surface area contributed by atoms with Crippen LogP contribution in [0.15, 0.2) is 42.7 Å². The summed E-state index contributed by atoms with van der Waals surface area (Å²) >= 11 is 11.9. The molecule has 0 saturated heterocycles. The number of carbonyl (C=O) groups excluding carboxylic acids is 1. The second kappa shape index (κ2) is 7.27. The van der Waals surface area contributed by atoms with Crippen molar-refractivity contribution in [3.05, 3.63) is 63.9 Å². The molecule has 0 radical (unpaired) electrons. The first-order chi connectivity index (χ1) is 9.65. The second-order valence-corrected chi connectivity index (χ2v) is 5.22. The monoisotopic (exact) mass is 308 g/mol. The van der Waals surface area contributed by atoms with Crippen LogP contribution < -0.4 is 5.32 Å². The molecule has 1 aromatic heterocycles. The lowest BCUT2D eigenvalue weighted by atomic mass is 10.1. The van der Waals surface area contributed by atoms with Gasteiger partial charge in [-0.2, -0.15) is 0 Å². The number of halogens is 2. The molecular weight excluding hydrogens is 295 g/mol. The van der Waals surface area contributed by atoms with E-state index in [-0.39, 0.29) is 5.91 Å². The molecule has 1 amide bonds. The molecule has 0 saturated carbocycles. The topological polar surface area (TPSA) is 42.0 Å². The van der Waals surface area contributed by atoms with Crippen LogP contribution in [0.25, 0.3) is 0 Å². The normalized spacial score (nSPS) is 10.3. The lowest BCUT2D eigenvalue weighted by molar-refractivity contribution is -0.120. The van der Waals surface area contributed by atoms with E-state index in [1.165, 1.54) is 0 Å². The van der Waals surface area contributed by atoms with Crippen molar-refractivity contribution >= 4 is 29.1 Å². The maximum absolute atomic E-state index is 11.7. The molecule has 2 aromatic rings. The maximum Gasteiger partial charge on any atom is 0.224 e. The zero-order chi connectivity index (χ0) is 14.4. The van der Waals surface area contributed by atoms with Crippen LogP contribution in [0.4, 0.5) is 0 Å². The Balaban J connectivity index is 1.79. The molecule has 104 valence electrons. The third-order valence-electron chi connectivity index (χ3n) is 2.82. The Kier molecular flexibility index (Phi) is 5.39. The van der Waals surface area contributed by atoms with Crippen LogP contribution in [0.3, 0.4) is 0 Å². The van der Waals surface area contributed by atoms with E-state index in [0.717, 1.165) is 11.1 Å². The van der Waals surface area contributed by atoms with Crippen molar-refractivity contribution in [1.82, 2.24) is 10.3 Å². The van der Waals surface area contributed by atoms with Gasteiger partial charge >= 0.3 is 0 Å². The van der Waals surface area contributed by atoms with Crippen LogP contribution in [-0.2, 0) is 17.6 Å². The predicted octanol–water partition coefficient (Wildman–Crippen LogP) is 3.29. The van der Waals surface area contributed by atoms with Crippen molar-refractivity contribution in [1.29, 1.82) is 0 Å². The summed E-state index contributed by atoms with van der Waals surface area (Å²) in [5.41, 5.74) is 1.87. The maximum atomic E-state index is 11.7. The molecule has 0 atom stereocenters. The number of nitrogens with one attached hydrogen (secondary N) is 1. The molecular formula is C15H14Cl2N2O. The Labute approximate surface area is 127 Å². The lowest BCUT2D eigenvalue weighted by Gasteiger charge is -2.07. The molecule has 0 bridgehead atoms. The molecule has 0 spiro atoms. The molecule has 1 N–H and O–H groups in total. The van der Waals surface area contributed by atoms with Gasteiger partial charge in [0.05, 0.1) is 6.42 Å². The quantitative estimate of drug-likeness (QED) is 0.921. The number of rotatable bonds is 5. The van der Waals surface area contributed by atoms with Crippen LogP contribution >= 0.6 is 23.2 Å². The fraction of sp³-hybridized carbons (Fsp3) is 0.200. The highest BCUT2D eigenvalue weighted by atomic mass is 35.5. The largest absolute Gasteiger partial charge is 0.355 e. The fourth-order valence-corrected chi connectivity index (χ4v) is 2.31. The second-order valence-electron chi connectivity index (χ2n) is 4.37. The molecule has 1 heterocycles. The highest BCUT2D eigenvalue weighted by Gasteiger charge is 2.05. The molecule has 5 heteroatoms. The SMILES string of the molecule is O=C(Cc1cccnc1)NCCc1ccc(Cl)cc1Cl. The third-order valence-corrected chi connectivity index (χ3v) is 3.41. The van der Waals surface area contributed by atoms with E-state index in [1.54, 1.807) is 24.5 Å². The first kappa shape index (κ1) is 14.8. The summed E-state index contributed by atoms with van der Waals surface area (Å²) < 4.78 is 0. The van der Waals surface area contributed by atoms with Crippen molar-refractivity contribution in [3.63, 3.8) is 0 Å². The van der Waals surface area contributed by atoms with Crippen molar-refractivity contribution in [2.24, 2.45) is 0 Å². The van der Waals surface area contributed by atoms with Gasteiger partial charge < -0.3 is 5.32 Å². The van der Waals surface area contributed by atoms with Gasteiger partial charge in [0.15, 0.2) is 0 Å². The Morgan fingerprint density at radius 3 is 2.80 bits per heavy atom. The number of pyridine rings is 1. The molecule has 0 aliphatic heterocycles. The Hall–Kier alpha value is -1.58. The van der Waals surface area contributed by atoms with E-state index in [2.05, 4.69) is 10.3 Å². The summed E-state index contributed by atoms with van der Waals surface area (Å²) in [7, 11) is 0. The number of nitrogens with zero attached hydrogens (tertiary/aromatic N) is 1. The van der Waals surface area contributed by atoms with E-state index in [4.69, 9.17) is 23.2 Å². The number of carbonyl (C=O) groups is 1. The molecule has 0 fully saturated rings. The number of aromatic nitrogens is 1. The standard InChI is InChI=1S/C15H14Cl2N2O/c16-13-4-3-12(14(17)9-13)5-7-19-15(20)8-11-2-1-6-18-10-11/h1-4,6,9-10H,5,7-8H2,(H,19,20). The predicted molar refractivity (Wildman–Crippen MR) is 81.1 cm³/mol. The zero-order valence-electron chi connectivity index (χ0n) is 10.8. The highest BCUT2D eigenvalue weighted by molar-refractivity contribution is 6.35. The summed E-state index contributed by atoms with van der Waals surface area (Å²) in [6.07, 6.45) is 4.39. The first-order valence-corrected chi connectivity index (χ1v) is 7.00. The van der Waals surface area contributed by atoms with Gasteiger partial charge in [0, 0.05) is 29.0 Å². The van der Waals surface area contributed by atoms with Crippen molar-refractivity contribution in [2.45, 2.75) is 12.8 Å². The van der Waals surface area contributed by atoms with Gasteiger partial charge in [-0.1, -0.05) is 35.3 Å². The molecule has 0 aliphatic rings. The van der Waals surface area contributed by atoms with Crippen molar-refractivity contribution in [2.75, 3.05) is 6.54 Å². The van der Waals surface area contributed by atoms with Crippen LogP contribution in [0.2, 0.25) is 10.0 Å². The Morgan fingerprint density at radius 1 is 1.25 bits per heavy atom. The number of amides is 1. The smallest absolute Gasteiger partial charge is 0.224 e. The van der Waals surface area contributed by atoms with Gasteiger partial charge in [0.25, 0.3) is 0 Å². The lowest BCUT2D eigenvalue weighted by Crippen LogP contribution is -2.27. The van der Waals surface area contributed by atoms with Gasteiger partial charge in [-0.05, 0) is 35.7 Å². The van der Waals surface area contributed by atoms with E-state index >= 15 is 0 Å². The third kappa shape index (κ3) is 4.51. The summed E-state index contributed by atoms with van der Waals surface area (Å²) in [6, 6.07) is 9.06. The minimum absolute atomic E-state index is 0.0249. The van der Waals surface area contributed by atoms with Gasteiger partial charge in [0.1, 0.15) is 0 Å². The highest BCUT2D eigenvalue weighted by Crippen LogP contribution is 2.20. The number of hydrogen-bond donors (Lipinski definition) is 1. The van der Waals surface area contributed by atoms with Gasteiger partial charge in [-0.15, -0.1) is 0 Å². The van der Waals surface area contributed by atoms with Gasteiger partial charge in [-0.3, -0.25) is 9.78 Å². The van der Waals surface area contributed by atoms with Crippen LogP contribution in [-0.4, -0.2) is 17.4 Å². The van der Waals surface area contributed by atoms with E-state index in [0.29, 0.717) is 29.4 Å². The Bertz CT molecular complexity index is 588. The van der Waals surface area contributed by atoms with Crippen LogP contribution in [0, 0.1) is 0 Å². The zero-order valence-corrected chi connectivity index (χ0v) is 12.3. The van der Waals surface area contributed by atoms with Gasteiger partial charge in [-0.25, -0.2) is 0 Å². The minimum Gasteiger partial charge on any atom is -0.355 e. The molecule has 0 unspecified atom stereocenters. The average Bonchev–Trinajstić information content (AvgIpc) is 2.42. The molecule has 20 heavy (non-hydrogen) atoms. The van der Waals surface area contributed by atoms with E-state index < -0.39 is 0 Å². The number of hydrogen-bond acceptors (Lipinski definition) is 2. The average molecular weight is 309 g/mol. The van der Waals surface area contributed by atoms with Gasteiger partial charge in [0.2, 0.25) is 5.91 Å². The number of benzene rings is 1. The van der Waals surface area contributed by atoms with Crippen molar-refractivity contribution < 1.29 is 4.79 Å². The molecule has 1 aromatic carbocycles. The summed E-state index contributed by atoms with van der Waals surface area (Å²) in [6.45, 7) is 0.542. The molecule has 3 nitrogen and oxygen atoms in total. The molecule has 0 aliphatic carbocycles. The summed E-state index contributed by atoms with van der Waals surface area (Å²) in [5.74, 6) is -0.0249. The Morgan fingerprint density at radius 2 is 2.10 bits per heavy atom. The molecule has 2 rings (SSSR count). The van der Waals surface area contributed by atoms with Crippen LogP contribution in [0.1, 0.15) is 11.1 Å². The van der Waals surface area contributed by atoms with E-state index in [1.807, 2.05) is 18.2 Å². The van der Waals surface area contributed by atoms with Crippen molar-refractivity contribution in [3.8, 4) is 0 Å². The minimum atomic E-state index is -0.0249. The summed E-state index contributed by atoms with van der Waals surface area (Å²) in [4.78, 5) is 15.7. The van der Waals surface area contributed by atoms with E-state index in [9.17, 15) is 4.79 Å². The fourth-order valence-electron chi connectivity index (χ4n) is 1.81. The summed E-state index contributed by atoms with van der Waals surface area (Å²) in [5, 5.41) is 4.10. The van der Waals surface area contributed by atoms with Crippen LogP contribution in [0.5, 0.6) is 0 Å².